The molecule has 2 aromatic rings. The molecule has 0 radical (unpaired) electrons. The van der Waals surface area contributed by atoms with Gasteiger partial charge < -0.3 is 4.42 Å². The van der Waals surface area contributed by atoms with Crippen LogP contribution in [0.3, 0.4) is 0 Å². The Morgan fingerprint density at radius 1 is 1.62 bits per heavy atom. The van der Waals surface area contributed by atoms with Gasteiger partial charge in [0.15, 0.2) is 10.9 Å². The number of nitrogens with zero attached hydrogens (tertiary/aromatic N) is 3. The van der Waals surface area contributed by atoms with Gasteiger partial charge in [-0.3, -0.25) is 4.79 Å². The maximum atomic E-state index is 11.6. The summed E-state index contributed by atoms with van der Waals surface area (Å²) in [7, 11) is 0. The van der Waals surface area contributed by atoms with Crippen molar-refractivity contribution in [3.63, 3.8) is 0 Å². The first-order valence-electron chi connectivity index (χ1n) is 4.84. The van der Waals surface area contributed by atoms with E-state index in [1.54, 1.807) is 25.3 Å². The Morgan fingerprint density at radius 2 is 2.44 bits per heavy atom. The van der Waals surface area contributed by atoms with Gasteiger partial charge in [0.25, 0.3) is 0 Å². The number of rotatable bonds is 3. The van der Waals surface area contributed by atoms with E-state index in [0.29, 0.717) is 23.2 Å². The number of thioether (sulfide) groups is 1. The van der Waals surface area contributed by atoms with E-state index in [1.165, 1.54) is 16.4 Å². The summed E-state index contributed by atoms with van der Waals surface area (Å²) in [5.74, 6) is 0.934. The van der Waals surface area contributed by atoms with Gasteiger partial charge in [-0.05, 0) is 18.4 Å². The minimum Gasteiger partial charge on any atom is -0.461 e. The molecule has 0 bridgehead atoms. The minimum absolute atomic E-state index is 0.0744. The van der Waals surface area contributed by atoms with Crippen LogP contribution in [0.2, 0.25) is 0 Å². The van der Waals surface area contributed by atoms with Gasteiger partial charge in [0.1, 0.15) is 0 Å². The van der Waals surface area contributed by atoms with E-state index in [1.807, 2.05) is 6.26 Å². The summed E-state index contributed by atoms with van der Waals surface area (Å²) < 4.78 is 6.51. The zero-order chi connectivity index (χ0) is 11.5. The van der Waals surface area contributed by atoms with Gasteiger partial charge in [0.2, 0.25) is 11.7 Å². The minimum atomic E-state index is -0.0744. The smallest absolute Gasteiger partial charge is 0.249 e. The van der Waals surface area contributed by atoms with Crippen molar-refractivity contribution >= 4 is 17.7 Å². The fourth-order valence-electron chi connectivity index (χ4n) is 1.25. The average Bonchev–Trinajstić information content (AvgIpc) is 2.95. The summed E-state index contributed by atoms with van der Waals surface area (Å²) in [6.45, 7) is 1.79. The molecule has 5 nitrogen and oxygen atoms in total. The summed E-state index contributed by atoms with van der Waals surface area (Å²) in [4.78, 5) is 15.8. The highest BCUT2D eigenvalue weighted by molar-refractivity contribution is 7.98. The fourth-order valence-corrected chi connectivity index (χ4v) is 1.75. The first kappa shape index (κ1) is 10.9. The molecule has 0 N–H and O–H groups in total. The molecular formula is C10H11N3O2S. The Bertz CT molecular complexity index is 490. The zero-order valence-electron chi connectivity index (χ0n) is 9.01. The van der Waals surface area contributed by atoms with E-state index in [4.69, 9.17) is 4.42 Å². The largest absolute Gasteiger partial charge is 0.461 e. The average molecular weight is 237 g/mol. The molecule has 0 aliphatic heterocycles. The van der Waals surface area contributed by atoms with Crippen LogP contribution >= 0.6 is 11.8 Å². The van der Waals surface area contributed by atoms with E-state index < -0.39 is 0 Å². The van der Waals surface area contributed by atoms with E-state index in [-0.39, 0.29) is 5.91 Å². The lowest BCUT2D eigenvalue weighted by Crippen LogP contribution is -2.11. The lowest BCUT2D eigenvalue weighted by atomic mass is 10.4. The maximum Gasteiger partial charge on any atom is 0.249 e. The van der Waals surface area contributed by atoms with Crippen LogP contribution in [0.25, 0.3) is 11.6 Å². The summed E-state index contributed by atoms with van der Waals surface area (Å²) in [6.07, 6.45) is 3.81. The zero-order valence-corrected chi connectivity index (χ0v) is 9.82. The van der Waals surface area contributed by atoms with Gasteiger partial charge in [-0.15, -0.1) is 5.10 Å². The highest BCUT2D eigenvalue weighted by Crippen LogP contribution is 2.20. The number of hydrogen-bond acceptors (Lipinski definition) is 5. The second kappa shape index (κ2) is 4.52. The van der Waals surface area contributed by atoms with Crippen molar-refractivity contribution < 1.29 is 9.21 Å². The molecule has 0 aliphatic rings. The van der Waals surface area contributed by atoms with Crippen LogP contribution in [0.5, 0.6) is 0 Å². The number of aromatic nitrogens is 3. The lowest BCUT2D eigenvalue weighted by molar-refractivity contribution is 0.0881. The van der Waals surface area contributed by atoms with Crippen LogP contribution in [-0.2, 0) is 0 Å². The quantitative estimate of drug-likeness (QED) is 0.766. The molecule has 0 aliphatic carbocycles. The molecule has 0 saturated carbocycles. The van der Waals surface area contributed by atoms with Crippen molar-refractivity contribution in [3.05, 3.63) is 18.4 Å². The molecule has 2 aromatic heterocycles. The molecule has 0 atom stereocenters. The highest BCUT2D eigenvalue weighted by atomic mass is 32.2. The summed E-state index contributed by atoms with van der Waals surface area (Å²) in [5.41, 5.74) is 0. The first-order chi connectivity index (χ1) is 7.76. The maximum absolute atomic E-state index is 11.6. The van der Waals surface area contributed by atoms with Crippen molar-refractivity contribution in [1.29, 1.82) is 0 Å². The third-order valence-corrected chi connectivity index (χ3v) is 2.67. The Morgan fingerprint density at radius 3 is 3.00 bits per heavy atom. The van der Waals surface area contributed by atoms with E-state index in [2.05, 4.69) is 10.1 Å². The molecule has 0 unspecified atom stereocenters. The van der Waals surface area contributed by atoms with E-state index >= 15 is 0 Å². The SMILES string of the molecule is CCC(=O)n1nc(-c2ccco2)nc1SC. The molecule has 6 heteroatoms. The molecule has 84 valence electrons. The Labute approximate surface area is 96.9 Å². The molecule has 0 saturated heterocycles. The van der Waals surface area contributed by atoms with Crippen LogP contribution in [0.1, 0.15) is 18.1 Å². The molecule has 16 heavy (non-hydrogen) atoms. The predicted molar refractivity (Wildman–Crippen MR) is 60.4 cm³/mol. The van der Waals surface area contributed by atoms with Crippen molar-refractivity contribution in [2.75, 3.05) is 6.26 Å². The number of carbonyl (C=O) groups excluding carboxylic acids is 1. The third kappa shape index (κ3) is 1.88. The Balaban J connectivity index is 2.44. The summed E-state index contributed by atoms with van der Waals surface area (Å²) in [6, 6.07) is 3.52. The van der Waals surface area contributed by atoms with Crippen LogP contribution < -0.4 is 0 Å². The molecular weight excluding hydrogens is 226 g/mol. The van der Waals surface area contributed by atoms with Gasteiger partial charge >= 0.3 is 0 Å². The lowest BCUT2D eigenvalue weighted by Gasteiger charge is -1.97. The number of carbonyl (C=O) groups is 1. The van der Waals surface area contributed by atoms with Gasteiger partial charge in [0, 0.05) is 6.42 Å². The molecule has 0 amide bonds. The third-order valence-electron chi connectivity index (χ3n) is 2.04. The highest BCUT2D eigenvalue weighted by Gasteiger charge is 2.16. The number of hydrogen-bond donors (Lipinski definition) is 0. The molecule has 2 rings (SSSR count). The summed E-state index contributed by atoms with van der Waals surface area (Å²) in [5, 5.41) is 4.72. The monoisotopic (exact) mass is 237 g/mol. The van der Waals surface area contributed by atoms with E-state index in [0.717, 1.165) is 0 Å². The second-order valence-corrected chi connectivity index (χ2v) is 3.83. The fraction of sp³-hybridized carbons (Fsp3) is 0.300. The topological polar surface area (TPSA) is 60.9 Å². The first-order valence-corrected chi connectivity index (χ1v) is 6.07. The van der Waals surface area contributed by atoms with Crippen LogP contribution in [0, 0.1) is 0 Å². The molecule has 0 fully saturated rings. The van der Waals surface area contributed by atoms with Crippen molar-refractivity contribution in [3.8, 4) is 11.6 Å². The van der Waals surface area contributed by atoms with Crippen molar-refractivity contribution in [2.24, 2.45) is 0 Å². The summed E-state index contributed by atoms with van der Waals surface area (Å²) >= 11 is 1.38. The Hall–Kier alpha value is -1.56. The van der Waals surface area contributed by atoms with Crippen LogP contribution in [-0.4, -0.2) is 26.9 Å². The number of furan rings is 1. The van der Waals surface area contributed by atoms with Crippen molar-refractivity contribution in [1.82, 2.24) is 14.8 Å². The normalized spacial score (nSPS) is 10.6. The van der Waals surface area contributed by atoms with Crippen LogP contribution in [0.4, 0.5) is 0 Å². The molecule has 2 heterocycles. The molecule has 0 spiro atoms. The van der Waals surface area contributed by atoms with E-state index in [9.17, 15) is 4.79 Å². The van der Waals surface area contributed by atoms with Gasteiger partial charge in [-0.1, -0.05) is 18.7 Å². The van der Waals surface area contributed by atoms with Crippen molar-refractivity contribution in [2.45, 2.75) is 18.5 Å². The predicted octanol–water partition coefficient (Wildman–Crippen LogP) is 2.31. The molecule has 0 aromatic carbocycles. The Kier molecular flexibility index (Phi) is 3.09. The van der Waals surface area contributed by atoms with Crippen LogP contribution in [0.15, 0.2) is 28.0 Å². The second-order valence-electron chi connectivity index (χ2n) is 3.06. The van der Waals surface area contributed by atoms with Gasteiger partial charge in [-0.25, -0.2) is 0 Å². The van der Waals surface area contributed by atoms with Gasteiger partial charge in [-0.2, -0.15) is 9.67 Å². The van der Waals surface area contributed by atoms with Gasteiger partial charge in [0.05, 0.1) is 6.26 Å². The standard InChI is InChI=1S/C10H11N3O2S/c1-3-8(14)13-10(16-2)11-9(12-13)7-5-4-6-15-7/h4-6H,3H2,1-2H3.